The van der Waals surface area contributed by atoms with Gasteiger partial charge in [-0.2, -0.15) is 0 Å². The minimum Gasteiger partial charge on any atom is -0.497 e. The number of carbonyl (C=O) groups excluding carboxylic acids is 1. The van der Waals surface area contributed by atoms with Crippen LogP contribution in [0.3, 0.4) is 0 Å². The van der Waals surface area contributed by atoms with E-state index in [2.05, 4.69) is 21.9 Å². The normalized spacial score (nSPS) is 32.3. The van der Waals surface area contributed by atoms with Crippen molar-refractivity contribution in [1.82, 2.24) is 4.90 Å². The predicted octanol–water partition coefficient (Wildman–Crippen LogP) is 2.82. The van der Waals surface area contributed by atoms with Gasteiger partial charge < -0.3 is 19.6 Å². The molecule has 1 N–H and O–H groups in total. The van der Waals surface area contributed by atoms with Crippen LogP contribution in [-0.2, 0) is 4.79 Å². The first-order valence-corrected chi connectivity index (χ1v) is 9.99. The Labute approximate surface area is 155 Å². The van der Waals surface area contributed by atoms with Crippen molar-refractivity contribution in [3.05, 3.63) is 24.3 Å². The molecule has 5 nitrogen and oxygen atoms in total. The summed E-state index contributed by atoms with van der Waals surface area (Å²) in [4.78, 5) is 17.9. The number of nitrogens with zero attached hydrogens (tertiary/aromatic N) is 2. The van der Waals surface area contributed by atoms with E-state index in [9.17, 15) is 9.90 Å². The summed E-state index contributed by atoms with van der Waals surface area (Å²) >= 11 is 0. The maximum atomic E-state index is 13.4. The third-order valence-electron chi connectivity index (χ3n) is 6.67. The Morgan fingerprint density at radius 2 is 1.81 bits per heavy atom. The van der Waals surface area contributed by atoms with E-state index in [0.29, 0.717) is 11.9 Å². The molecule has 1 amide bonds. The molecule has 142 valence electrons. The number of ether oxygens (including phenoxy) is 1. The number of carbonyl (C=O) groups is 1. The van der Waals surface area contributed by atoms with E-state index in [4.69, 9.17) is 4.74 Å². The molecule has 0 unspecified atom stereocenters. The maximum absolute atomic E-state index is 13.4. The molecule has 3 aliphatic rings. The SMILES string of the molecule is COc1ccc(N2CCC[C@]3(CCN(C4CCC(O)CC4)C3=O)C2)cc1. The number of hydrogen-bond acceptors (Lipinski definition) is 4. The van der Waals surface area contributed by atoms with Crippen molar-refractivity contribution >= 4 is 11.6 Å². The van der Waals surface area contributed by atoms with E-state index in [1.165, 1.54) is 5.69 Å². The molecule has 1 aromatic rings. The molecule has 1 spiro atoms. The number of amides is 1. The van der Waals surface area contributed by atoms with E-state index < -0.39 is 0 Å². The van der Waals surface area contributed by atoms with Gasteiger partial charge in [-0.3, -0.25) is 4.79 Å². The summed E-state index contributed by atoms with van der Waals surface area (Å²) < 4.78 is 5.26. The Balaban J connectivity index is 1.46. The van der Waals surface area contributed by atoms with Crippen molar-refractivity contribution in [2.24, 2.45) is 5.41 Å². The molecule has 2 aliphatic heterocycles. The van der Waals surface area contributed by atoms with E-state index in [1.807, 2.05) is 12.1 Å². The van der Waals surface area contributed by atoms with Crippen LogP contribution in [0.2, 0.25) is 0 Å². The van der Waals surface area contributed by atoms with Crippen molar-refractivity contribution in [3.63, 3.8) is 0 Å². The summed E-state index contributed by atoms with van der Waals surface area (Å²) in [6.45, 7) is 2.72. The monoisotopic (exact) mass is 358 g/mol. The molecule has 1 atom stereocenters. The van der Waals surface area contributed by atoms with Gasteiger partial charge in [-0.1, -0.05) is 0 Å². The number of aliphatic hydroxyl groups excluding tert-OH is 1. The number of piperidine rings is 1. The largest absolute Gasteiger partial charge is 0.497 e. The molecule has 1 aromatic carbocycles. The van der Waals surface area contributed by atoms with E-state index in [-0.39, 0.29) is 11.5 Å². The fraction of sp³-hybridized carbons (Fsp3) is 0.667. The summed E-state index contributed by atoms with van der Waals surface area (Å²) in [7, 11) is 1.68. The number of likely N-dealkylation sites (tertiary alicyclic amines) is 1. The Bertz CT molecular complexity index is 639. The zero-order valence-electron chi connectivity index (χ0n) is 15.7. The highest BCUT2D eigenvalue weighted by Gasteiger charge is 2.50. The number of anilines is 1. The molecular weight excluding hydrogens is 328 g/mol. The van der Waals surface area contributed by atoms with Gasteiger partial charge in [-0.15, -0.1) is 0 Å². The predicted molar refractivity (Wildman–Crippen MR) is 101 cm³/mol. The molecule has 3 fully saturated rings. The molecule has 1 saturated carbocycles. The molecule has 0 radical (unpaired) electrons. The van der Waals surface area contributed by atoms with Crippen molar-refractivity contribution in [2.75, 3.05) is 31.6 Å². The van der Waals surface area contributed by atoms with E-state index in [1.54, 1.807) is 7.11 Å². The lowest BCUT2D eigenvalue weighted by Crippen LogP contribution is -2.50. The fourth-order valence-electron chi connectivity index (χ4n) is 5.09. The van der Waals surface area contributed by atoms with Crippen molar-refractivity contribution < 1.29 is 14.6 Å². The molecule has 4 rings (SSSR count). The lowest BCUT2D eigenvalue weighted by molar-refractivity contribution is -0.139. The highest BCUT2D eigenvalue weighted by Crippen LogP contribution is 2.43. The van der Waals surface area contributed by atoms with Gasteiger partial charge in [-0.25, -0.2) is 0 Å². The molecule has 5 heteroatoms. The van der Waals surface area contributed by atoms with Crippen LogP contribution in [0, 0.1) is 5.41 Å². The Kier molecular flexibility index (Phi) is 4.82. The molecule has 26 heavy (non-hydrogen) atoms. The second kappa shape index (κ2) is 7.10. The van der Waals surface area contributed by atoms with Crippen LogP contribution in [-0.4, -0.2) is 54.8 Å². The number of methoxy groups -OCH3 is 1. The van der Waals surface area contributed by atoms with Crippen molar-refractivity contribution in [3.8, 4) is 5.75 Å². The average Bonchev–Trinajstić information content (AvgIpc) is 2.98. The van der Waals surface area contributed by atoms with Crippen LogP contribution in [0.25, 0.3) is 0 Å². The van der Waals surface area contributed by atoms with Gasteiger partial charge in [-0.05, 0) is 69.2 Å². The highest BCUT2D eigenvalue weighted by molar-refractivity contribution is 5.86. The third-order valence-corrected chi connectivity index (χ3v) is 6.67. The Morgan fingerprint density at radius 1 is 1.08 bits per heavy atom. The zero-order valence-corrected chi connectivity index (χ0v) is 15.7. The van der Waals surface area contributed by atoms with Crippen LogP contribution in [0.5, 0.6) is 5.75 Å². The minimum atomic E-state index is -0.214. The van der Waals surface area contributed by atoms with Crippen molar-refractivity contribution in [2.45, 2.75) is 57.1 Å². The number of benzene rings is 1. The lowest BCUT2D eigenvalue weighted by atomic mass is 9.78. The van der Waals surface area contributed by atoms with Gasteiger partial charge in [0.15, 0.2) is 0 Å². The standard InChI is InChI=1S/C21H30N2O3/c1-26-19-9-5-16(6-10-19)22-13-2-11-21(15-22)12-14-23(20(21)25)17-3-7-18(24)8-4-17/h5-6,9-10,17-18,24H,2-4,7-8,11-15H2,1H3/t17?,18?,21-/m0/s1. The van der Waals surface area contributed by atoms with Gasteiger partial charge in [0.05, 0.1) is 18.6 Å². The summed E-state index contributed by atoms with van der Waals surface area (Å²) in [5.41, 5.74) is 0.964. The first-order chi connectivity index (χ1) is 12.6. The van der Waals surface area contributed by atoms with Gasteiger partial charge in [0.1, 0.15) is 5.75 Å². The topological polar surface area (TPSA) is 53.0 Å². The second-order valence-electron chi connectivity index (χ2n) is 8.21. The van der Waals surface area contributed by atoms with Gasteiger partial charge in [0.25, 0.3) is 0 Å². The third kappa shape index (κ3) is 3.18. The molecule has 0 bridgehead atoms. The molecule has 1 aliphatic carbocycles. The second-order valence-corrected chi connectivity index (χ2v) is 8.21. The summed E-state index contributed by atoms with van der Waals surface area (Å²) in [5, 5.41) is 9.76. The number of aliphatic hydroxyl groups is 1. The lowest BCUT2D eigenvalue weighted by Gasteiger charge is -2.41. The van der Waals surface area contributed by atoms with Gasteiger partial charge in [0.2, 0.25) is 5.91 Å². The summed E-state index contributed by atoms with van der Waals surface area (Å²) in [6.07, 6.45) is 6.43. The van der Waals surface area contributed by atoms with Crippen LogP contribution in [0.1, 0.15) is 44.9 Å². The molecular formula is C21H30N2O3. The quantitative estimate of drug-likeness (QED) is 0.903. The van der Waals surface area contributed by atoms with E-state index in [0.717, 1.165) is 70.3 Å². The van der Waals surface area contributed by atoms with Crippen LogP contribution in [0.4, 0.5) is 5.69 Å². The zero-order chi connectivity index (χ0) is 18.1. The van der Waals surface area contributed by atoms with E-state index >= 15 is 0 Å². The molecule has 2 saturated heterocycles. The average molecular weight is 358 g/mol. The number of rotatable bonds is 3. The minimum absolute atomic E-state index is 0.168. The van der Waals surface area contributed by atoms with Crippen LogP contribution in [0.15, 0.2) is 24.3 Å². The van der Waals surface area contributed by atoms with Crippen molar-refractivity contribution in [1.29, 1.82) is 0 Å². The van der Waals surface area contributed by atoms with Crippen LogP contribution < -0.4 is 9.64 Å². The summed E-state index contributed by atoms with van der Waals surface area (Å²) in [6, 6.07) is 8.51. The first kappa shape index (κ1) is 17.7. The number of hydrogen-bond donors (Lipinski definition) is 1. The van der Waals surface area contributed by atoms with Gasteiger partial charge >= 0.3 is 0 Å². The first-order valence-electron chi connectivity index (χ1n) is 9.99. The van der Waals surface area contributed by atoms with Gasteiger partial charge in [0, 0.05) is 31.4 Å². The maximum Gasteiger partial charge on any atom is 0.230 e. The highest BCUT2D eigenvalue weighted by atomic mass is 16.5. The fourth-order valence-corrected chi connectivity index (χ4v) is 5.09. The Morgan fingerprint density at radius 3 is 2.50 bits per heavy atom. The summed E-state index contributed by atoms with van der Waals surface area (Å²) in [5.74, 6) is 1.22. The smallest absolute Gasteiger partial charge is 0.230 e. The Hall–Kier alpha value is -1.75. The molecule has 0 aromatic heterocycles. The van der Waals surface area contributed by atoms with Crippen LogP contribution >= 0.6 is 0 Å². The molecule has 2 heterocycles.